The van der Waals surface area contributed by atoms with E-state index in [1.807, 2.05) is 11.8 Å². The van der Waals surface area contributed by atoms with E-state index in [0.717, 1.165) is 28.9 Å². The average molecular weight is 220 g/mol. The van der Waals surface area contributed by atoms with Crippen LogP contribution in [0.15, 0.2) is 33.9 Å². The molecular weight excluding hydrogens is 208 g/mol. The maximum absolute atomic E-state index is 2.48. The molecule has 0 spiro atoms. The van der Waals surface area contributed by atoms with Crippen molar-refractivity contribution in [3.63, 3.8) is 0 Å². The highest BCUT2D eigenvalue weighted by Crippen LogP contribution is 2.59. The fraction of sp³-hybridized carbons (Fsp3) is 0.500. The predicted octanol–water partition coefficient (Wildman–Crippen LogP) is 3.64. The lowest BCUT2D eigenvalue weighted by atomic mass is 9.81. The second kappa shape index (κ2) is 2.73. The van der Waals surface area contributed by atoms with Gasteiger partial charge in [0.25, 0.3) is 0 Å². The van der Waals surface area contributed by atoms with E-state index in [1.165, 1.54) is 6.42 Å². The predicted molar refractivity (Wildman–Crippen MR) is 63.9 cm³/mol. The molecule has 0 amide bonds. The molecule has 0 aromatic heterocycles. The van der Waals surface area contributed by atoms with Crippen LogP contribution < -0.4 is 0 Å². The van der Waals surface area contributed by atoms with Crippen molar-refractivity contribution in [3.05, 3.63) is 33.9 Å². The first kappa shape index (κ1) is 8.12. The lowest BCUT2D eigenvalue weighted by molar-refractivity contribution is 0.392. The van der Waals surface area contributed by atoms with Crippen LogP contribution in [-0.2, 0) is 0 Å². The topological polar surface area (TPSA) is 0 Å². The van der Waals surface area contributed by atoms with Crippen molar-refractivity contribution in [2.75, 3.05) is 0 Å². The Morgan fingerprint density at radius 3 is 3.07 bits per heavy atom. The SMILES string of the molecule is C1=C[C@H]2C(=CS[C@H]3[C@@H]2[C@@H]2C=C[C@H]3C2)S1. The van der Waals surface area contributed by atoms with E-state index in [4.69, 9.17) is 0 Å². The third-order valence-corrected chi connectivity index (χ3v) is 6.49. The Hall–Kier alpha value is -0.0800. The van der Waals surface area contributed by atoms with Crippen molar-refractivity contribution in [1.29, 1.82) is 0 Å². The number of hydrogen-bond acceptors (Lipinski definition) is 2. The first-order valence-electron chi connectivity index (χ1n) is 5.31. The molecule has 72 valence electrons. The number of fused-ring (bicyclic) bond motifs is 7. The fourth-order valence-corrected chi connectivity index (χ4v) is 6.01. The van der Waals surface area contributed by atoms with Gasteiger partial charge >= 0.3 is 0 Å². The van der Waals surface area contributed by atoms with Crippen LogP contribution in [-0.4, -0.2) is 5.25 Å². The van der Waals surface area contributed by atoms with E-state index in [9.17, 15) is 0 Å². The van der Waals surface area contributed by atoms with E-state index in [-0.39, 0.29) is 0 Å². The molecule has 14 heavy (non-hydrogen) atoms. The zero-order valence-electron chi connectivity index (χ0n) is 7.80. The van der Waals surface area contributed by atoms with Crippen LogP contribution >= 0.6 is 23.5 Å². The van der Waals surface area contributed by atoms with Crippen molar-refractivity contribution >= 4 is 23.5 Å². The summed E-state index contributed by atoms with van der Waals surface area (Å²) in [4.78, 5) is 1.61. The Balaban J connectivity index is 1.79. The molecule has 1 fully saturated rings. The molecule has 2 heterocycles. The zero-order chi connectivity index (χ0) is 9.12. The lowest BCUT2D eigenvalue weighted by Crippen LogP contribution is -2.30. The Morgan fingerprint density at radius 2 is 2.07 bits per heavy atom. The molecule has 0 radical (unpaired) electrons. The summed E-state index contributed by atoms with van der Waals surface area (Å²) >= 11 is 4.04. The summed E-state index contributed by atoms with van der Waals surface area (Å²) in [6.07, 6.45) is 8.80. The molecule has 0 saturated heterocycles. The third kappa shape index (κ3) is 0.892. The van der Waals surface area contributed by atoms with Gasteiger partial charge in [0.1, 0.15) is 0 Å². The molecule has 0 nitrogen and oxygen atoms in total. The van der Waals surface area contributed by atoms with E-state index in [2.05, 4.69) is 40.8 Å². The highest BCUT2D eigenvalue weighted by molar-refractivity contribution is 8.08. The van der Waals surface area contributed by atoms with Gasteiger partial charge in [0.05, 0.1) is 0 Å². The molecule has 2 aliphatic carbocycles. The molecule has 2 heteroatoms. The normalized spacial score (nSPS) is 52.0. The van der Waals surface area contributed by atoms with Gasteiger partial charge < -0.3 is 0 Å². The molecule has 2 bridgehead atoms. The molecular formula is C12H12S2. The van der Waals surface area contributed by atoms with Crippen molar-refractivity contribution < 1.29 is 0 Å². The average Bonchev–Trinajstić information content (AvgIpc) is 2.92. The van der Waals surface area contributed by atoms with Gasteiger partial charge in [0.2, 0.25) is 0 Å². The van der Waals surface area contributed by atoms with Gasteiger partial charge in [-0.25, -0.2) is 0 Å². The minimum absolute atomic E-state index is 0.770. The molecule has 0 unspecified atom stereocenters. The molecule has 0 N–H and O–H groups in total. The monoisotopic (exact) mass is 220 g/mol. The number of rotatable bonds is 0. The van der Waals surface area contributed by atoms with Crippen molar-refractivity contribution in [2.45, 2.75) is 11.7 Å². The maximum atomic E-state index is 2.48. The Kier molecular flexibility index (Phi) is 1.58. The molecule has 0 aromatic rings. The van der Waals surface area contributed by atoms with Crippen molar-refractivity contribution in [1.82, 2.24) is 0 Å². The van der Waals surface area contributed by atoms with Gasteiger partial charge in [-0.3, -0.25) is 0 Å². The van der Waals surface area contributed by atoms with Crippen LogP contribution in [0, 0.1) is 23.7 Å². The molecule has 4 rings (SSSR count). The summed E-state index contributed by atoms with van der Waals surface area (Å²) in [5.41, 5.74) is 0. The number of thioether (sulfide) groups is 2. The highest BCUT2D eigenvalue weighted by atomic mass is 32.2. The van der Waals surface area contributed by atoms with Gasteiger partial charge in [-0.1, -0.05) is 18.2 Å². The lowest BCUT2D eigenvalue weighted by Gasteiger charge is -2.35. The van der Waals surface area contributed by atoms with E-state index < -0.39 is 0 Å². The molecule has 1 saturated carbocycles. The summed E-state index contributed by atoms with van der Waals surface area (Å²) in [7, 11) is 0. The standard InChI is InChI=1S/C12H12S2/c1-2-8-5-7(1)11-9-3-4-13-10(9)6-14-12(8)11/h1-4,6-9,11-12H,5H2/t7-,8+,9+,11-,12-/m1/s1. The van der Waals surface area contributed by atoms with Gasteiger partial charge in [0.15, 0.2) is 0 Å². The molecule has 4 aliphatic rings. The van der Waals surface area contributed by atoms with E-state index >= 15 is 0 Å². The Morgan fingerprint density at radius 1 is 1.14 bits per heavy atom. The minimum Gasteiger partial charge on any atom is -0.129 e. The molecule has 5 atom stereocenters. The second-order valence-electron chi connectivity index (χ2n) is 4.62. The Bertz CT molecular complexity index is 367. The van der Waals surface area contributed by atoms with E-state index in [1.54, 1.807) is 4.91 Å². The van der Waals surface area contributed by atoms with Crippen LogP contribution in [0.4, 0.5) is 0 Å². The zero-order valence-corrected chi connectivity index (χ0v) is 9.43. The van der Waals surface area contributed by atoms with Gasteiger partial charge in [0, 0.05) is 16.1 Å². The smallest absolute Gasteiger partial charge is 0.0195 e. The highest BCUT2D eigenvalue weighted by Gasteiger charge is 2.50. The molecule has 0 aromatic carbocycles. The fourth-order valence-electron chi connectivity index (χ4n) is 3.42. The van der Waals surface area contributed by atoms with Gasteiger partial charge in [-0.05, 0) is 35.0 Å². The van der Waals surface area contributed by atoms with Crippen LogP contribution in [0.3, 0.4) is 0 Å². The first-order valence-corrected chi connectivity index (χ1v) is 7.13. The summed E-state index contributed by atoms with van der Waals surface area (Å²) in [6, 6.07) is 0. The summed E-state index contributed by atoms with van der Waals surface area (Å²) in [6.45, 7) is 0. The summed E-state index contributed by atoms with van der Waals surface area (Å²) < 4.78 is 0. The molecule has 2 aliphatic heterocycles. The third-order valence-electron chi connectivity index (χ3n) is 4.02. The van der Waals surface area contributed by atoms with Crippen LogP contribution in [0.1, 0.15) is 6.42 Å². The number of hydrogen-bond donors (Lipinski definition) is 0. The summed E-state index contributed by atoms with van der Waals surface area (Å²) in [5.74, 6) is 3.45. The maximum Gasteiger partial charge on any atom is 0.0195 e. The quantitative estimate of drug-likeness (QED) is 0.572. The van der Waals surface area contributed by atoms with Crippen LogP contribution in [0.2, 0.25) is 0 Å². The van der Waals surface area contributed by atoms with E-state index in [0.29, 0.717) is 0 Å². The Labute approximate surface area is 92.9 Å². The van der Waals surface area contributed by atoms with Gasteiger partial charge in [-0.2, -0.15) is 0 Å². The largest absolute Gasteiger partial charge is 0.129 e. The van der Waals surface area contributed by atoms with Gasteiger partial charge in [-0.15, -0.1) is 23.5 Å². The second-order valence-corrected chi connectivity index (χ2v) is 6.65. The summed E-state index contributed by atoms with van der Waals surface area (Å²) in [5, 5.41) is 5.60. The van der Waals surface area contributed by atoms with Crippen molar-refractivity contribution in [2.24, 2.45) is 23.7 Å². The van der Waals surface area contributed by atoms with Crippen LogP contribution in [0.5, 0.6) is 0 Å². The minimum atomic E-state index is 0.770. The number of allylic oxidation sites excluding steroid dienone is 4. The van der Waals surface area contributed by atoms with Crippen molar-refractivity contribution in [3.8, 4) is 0 Å². The first-order chi connectivity index (χ1) is 6.93. The van der Waals surface area contributed by atoms with Crippen LogP contribution in [0.25, 0.3) is 0 Å².